The van der Waals surface area contributed by atoms with Crippen LogP contribution < -0.4 is 5.32 Å². The van der Waals surface area contributed by atoms with E-state index >= 15 is 0 Å². The van der Waals surface area contributed by atoms with Crippen LogP contribution in [0.25, 0.3) is 0 Å². The third kappa shape index (κ3) is 6.44. The lowest BCUT2D eigenvalue weighted by Gasteiger charge is -2.29. The summed E-state index contributed by atoms with van der Waals surface area (Å²) in [5.74, 6) is -0.616. The van der Waals surface area contributed by atoms with E-state index in [1.165, 1.54) is 11.0 Å². The number of amides is 2. The van der Waals surface area contributed by atoms with Gasteiger partial charge < -0.3 is 10.2 Å². The van der Waals surface area contributed by atoms with E-state index in [2.05, 4.69) is 21.2 Å². The molecule has 1 N–H and O–H groups in total. The summed E-state index contributed by atoms with van der Waals surface area (Å²) in [6.45, 7) is 6.53. The molecule has 0 saturated carbocycles. The minimum atomic E-state index is -0.665. The Kier molecular flexibility index (Phi) is 8.18. The van der Waals surface area contributed by atoms with E-state index in [1.54, 1.807) is 25.1 Å². The average Bonchev–Trinajstić information content (AvgIpc) is 2.66. The number of carbonyl (C=O) groups is 2. The van der Waals surface area contributed by atoms with Gasteiger partial charge in [0.05, 0.1) is 6.42 Å². The Morgan fingerprint density at radius 1 is 1.07 bits per heavy atom. The smallest absolute Gasteiger partial charge is 0.242 e. The summed E-state index contributed by atoms with van der Waals surface area (Å²) in [7, 11) is 0. The van der Waals surface area contributed by atoms with Crippen molar-refractivity contribution in [2.24, 2.45) is 5.92 Å². The van der Waals surface area contributed by atoms with Gasteiger partial charge >= 0.3 is 0 Å². The van der Waals surface area contributed by atoms with Gasteiger partial charge in [0.2, 0.25) is 11.8 Å². The molecule has 2 aromatic carbocycles. The van der Waals surface area contributed by atoms with Gasteiger partial charge in [-0.15, -0.1) is 0 Å². The molecule has 0 aliphatic carbocycles. The molecule has 0 bridgehead atoms. The number of hydrogen-bond donors (Lipinski definition) is 1. The van der Waals surface area contributed by atoms with Crippen molar-refractivity contribution < 1.29 is 14.0 Å². The monoisotopic (exact) mass is 448 g/mol. The van der Waals surface area contributed by atoms with Crippen LogP contribution in [0.4, 0.5) is 4.39 Å². The predicted octanol–water partition coefficient (Wildman–Crippen LogP) is 4.32. The van der Waals surface area contributed by atoms with Gasteiger partial charge in [-0.1, -0.05) is 60.1 Å². The second kappa shape index (κ2) is 10.4. The van der Waals surface area contributed by atoms with Crippen LogP contribution in [0, 0.1) is 11.7 Å². The molecule has 0 spiro atoms. The highest BCUT2D eigenvalue weighted by atomic mass is 79.9. The molecule has 0 aromatic heterocycles. The fourth-order valence-corrected chi connectivity index (χ4v) is 2.99. The summed E-state index contributed by atoms with van der Waals surface area (Å²) >= 11 is 3.39. The van der Waals surface area contributed by atoms with Gasteiger partial charge in [-0.05, 0) is 42.2 Å². The number of nitrogens with zero attached hydrogens (tertiary/aromatic N) is 1. The SMILES string of the molecule is CC(C)CNC(=O)[C@H](C)N(Cc1ccc(Br)cc1)C(=O)Cc1ccccc1F. The van der Waals surface area contributed by atoms with Crippen molar-refractivity contribution in [3.8, 4) is 0 Å². The van der Waals surface area contributed by atoms with Crippen molar-refractivity contribution in [2.75, 3.05) is 6.54 Å². The summed E-state index contributed by atoms with van der Waals surface area (Å²) in [5, 5.41) is 2.87. The molecule has 6 heteroatoms. The van der Waals surface area contributed by atoms with E-state index in [-0.39, 0.29) is 24.8 Å². The number of benzene rings is 2. The number of carbonyl (C=O) groups excluding carboxylic acids is 2. The van der Waals surface area contributed by atoms with Gasteiger partial charge in [0.1, 0.15) is 11.9 Å². The van der Waals surface area contributed by atoms with E-state index < -0.39 is 11.9 Å². The Morgan fingerprint density at radius 3 is 2.32 bits per heavy atom. The van der Waals surface area contributed by atoms with Gasteiger partial charge in [0, 0.05) is 17.6 Å². The van der Waals surface area contributed by atoms with E-state index in [9.17, 15) is 14.0 Å². The zero-order chi connectivity index (χ0) is 20.7. The van der Waals surface area contributed by atoms with Crippen LogP contribution in [-0.4, -0.2) is 29.3 Å². The van der Waals surface area contributed by atoms with Crippen molar-refractivity contribution in [1.29, 1.82) is 0 Å². The zero-order valence-corrected chi connectivity index (χ0v) is 18.0. The maximum absolute atomic E-state index is 14.0. The molecular formula is C22H26BrFN2O2. The first kappa shape index (κ1) is 22.1. The van der Waals surface area contributed by atoms with Crippen molar-refractivity contribution in [2.45, 2.75) is 39.8 Å². The van der Waals surface area contributed by atoms with E-state index in [1.807, 2.05) is 38.1 Å². The summed E-state index contributed by atoms with van der Waals surface area (Å²) in [5.41, 5.74) is 1.22. The molecule has 0 fully saturated rings. The van der Waals surface area contributed by atoms with Gasteiger partial charge in [0.15, 0.2) is 0 Å². The van der Waals surface area contributed by atoms with Crippen molar-refractivity contribution >= 4 is 27.7 Å². The molecule has 0 radical (unpaired) electrons. The van der Waals surface area contributed by atoms with Gasteiger partial charge in [-0.25, -0.2) is 4.39 Å². The highest BCUT2D eigenvalue weighted by molar-refractivity contribution is 9.10. The van der Waals surface area contributed by atoms with Crippen LogP contribution >= 0.6 is 15.9 Å². The molecule has 1 atom stereocenters. The molecule has 0 aliphatic rings. The van der Waals surface area contributed by atoms with Crippen LogP contribution in [0.1, 0.15) is 31.9 Å². The van der Waals surface area contributed by atoms with Crippen molar-refractivity contribution in [3.05, 3.63) is 69.9 Å². The molecule has 2 rings (SSSR count). The second-order valence-corrected chi connectivity index (χ2v) is 8.15. The van der Waals surface area contributed by atoms with E-state index in [0.29, 0.717) is 18.0 Å². The second-order valence-electron chi connectivity index (χ2n) is 7.23. The van der Waals surface area contributed by atoms with Crippen LogP contribution in [0.2, 0.25) is 0 Å². The molecule has 4 nitrogen and oxygen atoms in total. The fraction of sp³-hybridized carbons (Fsp3) is 0.364. The Labute approximate surface area is 174 Å². The first-order valence-corrected chi connectivity index (χ1v) is 10.1. The van der Waals surface area contributed by atoms with Crippen molar-refractivity contribution in [3.63, 3.8) is 0 Å². The summed E-state index contributed by atoms with van der Waals surface area (Å²) in [6, 6.07) is 13.1. The van der Waals surface area contributed by atoms with E-state index in [4.69, 9.17) is 0 Å². The number of nitrogens with one attached hydrogen (secondary N) is 1. The molecule has 28 heavy (non-hydrogen) atoms. The lowest BCUT2D eigenvalue weighted by atomic mass is 10.1. The van der Waals surface area contributed by atoms with Crippen LogP contribution in [-0.2, 0) is 22.6 Å². The average molecular weight is 449 g/mol. The first-order valence-electron chi connectivity index (χ1n) is 9.33. The molecule has 0 saturated heterocycles. The molecule has 0 aliphatic heterocycles. The Bertz CT molecular complexity index is 808. The minimum absolute atomic E-state index is 0.0923. The third-order valence-electron chi connectivity index (χ3n) is 4.42. The number of rotatable bonds is 8. The molecular weight excluding hydrogens is 423 g/mol. The van der Waals surface area contributed by atoms with Gasteiger partial charge in [-0.3, -0.25) is 9.59 Å². The quantitative estimate of drug-likeness (QED) is 0.653. The maximum Gasteiger partial charge on any atom is 0.242 e. The van der Waals surface area contributed by atoms with Crippen LogP contribution in [0.3, 0.4) is 0 Å². The van der Waals surface area contributed by atoms with Gasteiger partial charge in [-0.2, -0.15) is 0 Å². The van der Waals surface area contributed by atoms with Crippen LogP contribution in [0.15, 0.2) is 53.0 Å². The molecule has 0 unspecified atom stereocenters. The van der Waals surface area contributed by atoms with Gasteiger partial charge in [0.25, 0.3) is 0 Å². The van der Waals surface area contributed by atoms with E-state index in [0.717, 1.165) is 10.0 Å². The Balaban J connectivity index is 2.21. The zero-order valence-electron chi connectivity index (χ0n) is 16.4. The highest BCUT2D eigenvalue weighted by Gasteiger charge is 2.26. The topological polar surface area (TPSA) is 49.4 Å². The Hall–Kier alpha value is -2.21. The molecule has 2 amide bonds. The summed E-state index contributed by atoms with van der Waals surface area (Å²) in [6.07, 6.45) is -0.0923. The fourth-order valence-electron chi connectivity index (χ4n) is 2.73. The normalized spacial score (nSPS) is 11.9. The first-order chi connectivity index (χ1) is 13.3. The van der Waals surface area contributed by atoms with Crippen LogP contribution in [0.5, 0.6) is 0 Å². The lowest BCUT2D eigenvalue weighted by Crippen LogP contribution is -2.48. The standard InChI is InChI=1S/C22H26BrFN2O2/c1-15(2)13-25-22(28)16(3)26(14-17-8-10-19(23)11-9-17)21(27)12-18-6-4-5-7-20(18)24/h4-11,15-16H,12-14H2,1-3H3,(H,25,28)/t16-/m0/s1. The number of hydrogen-bond acceptors (Lipinski definition) is 2. The maximum atomic E-state index is 14.0. The summed E-state index contributed by atoms with van der Waals surface area (Å²) in [4.78, 5) is 27.1. The molecule has 2 aromatic rings. The largest absolute Gasteiger partial charge is 0.354 e. The van der Waals surface area contributed by atoms with Crippen molar-refractivity contribution in [1.82, 2.24) is 10.2 Å². The number of halogens is 2. The third-order valence-corrected chi connectivity index (χ3v) is 4.95. The Morgan fingerprint density at radius 2 is 1.71 bits per heavy atom. The highest BCUT2D eigenvalue weighted by Crippen LogP contribution is 2.16. The predicted molar refractivity (Wildman–Crippen MR) is 112 cm³/mol. The molecule has 0 heterocycles. The minimum Gasteiger partial charge on any atom is -0.354 e. The summed E-state index contributed by atoms with van der Waals surface area (Å²) < 4.78 is 14.9. The molecule has 150 valence electrons. The lowest BCUT2D eigenvalue weighted by molar-refractivity contribution is -0.140.